The molecule has 0 aliphatic heterocycles. The maximum absolute atomic E-state index is 12.5. The van der Waals surface area contributed by atoms with Crippen LogP contribution in [0, 0.1) is 0 Å². The molecule has 0 heterocycles. The first-order chi connectivity index (χ1) is 11.9. The summed E-state index contributed by atoms with van der Waals surface area (Å²) in [6.45, 7) is 0. The molecule has 0 bridgehead atoms. The molecule has 0 fully saturated rings. The molecule has 3 rings (SSSR count). The summed E-state index contributed by atoms with van der Waals surface area (Å²) < 4.78 is 28.2. The van der Waals surface area contributed by atoms with Gasteiger partial charge in [-0.3, -0.25) is 4.79 Å². The van der Waals surface area contributed by atoms with E-state index >= 15 is 0 Å². The standard InChI is InChI=1S/C19H13ClO4S/c20-25(22,23)18-12-8-15(9-13-18)19(21)14-6-10-17(11-7-14)24-16-4-2-1-3-5-16/h1-13H. The number of carbonyl (C=O) groups is 1. The Kier molecular flexibility index (Phi) is 4.88. The van der Waals surface area contributed by atoms with Crippen LogP contribution in [0.15, 0.2) is 83.8 Å². The molecule has 4 nitrogen and oxygen atoms in total. The van der Waals surface area contributed by atoms with Gasteiger partial charge < -0.3 is 4.74 Å². The van der Waals surface area contributed by atoms with Crippen molar-refractivity contribution in [3.63, 3.8) is 0 Å². The van der Waals surface area contributed by atoms with E-state index in [-0.39, 0.29) is 10.7 Å². The van der Waals surface area contributed by atoms with Crippen LogP contribution < -0.4 is 4.74 Å². The smallest absolute Gasteiger partial charge is 0.261 e. The number of rotatable bonds is 5. The van der Waals surface area contributed by atoms with Crippen molar-refractivity contribution in [3.05, 3.63) is 90.0 Å². The third-order valence-electron chi connectivity index (χ3n) is 3.49. The maximum Gasteiger partial charge on any atom is 0.261 e. The minimum Gasteiger partial charge on any atom is -0.457 e. The van der Waals surface area contributed by atoms with Gasteiger partial charge in [-0.1, -0.05) is 18.2 Å². The molecule has 0 amide bonds. The number of carbonyl (C=O) groups excluding carboxylic acids is 1. The first-order valence-corrected chi connectivity index (χ1v) is 9.67. The molecule has 6 heteroatoms. The van der Waals surface area contributed by atoms with Crippen LogP contribution in [0.3, 0.4) is 0 Å². The molecule has 0 aromatic heterocycles. The van der Waals surface area contributed by atoms with Crippen LogP contribution in [0.2, 0.25) is 0 Å². The Balaban J connectivity index is 1.76. The zero-order valence-corrected chi connectivity index (χ0v) is 14.5. The highest BCUT2D eigenvalue weighted by molar-refractivity contribution is 8.13. The average Bonchev–Trinajstić information content (AvgIpc) is 2.62. The molecule has 126 valence electrons. The number of hydrogen-bond donors (Lipinski definition) is 0. The quantitative estimate of drug-likeness (QED) is 0.483. The van der Waals surface area contributed by atoms with Gasteiger partial charge in [-0.25, -0.2) is 8.42 Å². The Hall–Kier alpha value is -2.63. The van der Waals surface area contributed by atoms with E-state index in [1.165, 1.54) is 24.3 Å². The largest absolute Gasteiger partial charge is 0.457 e. The van der Waals surface area contributed by atoms with Crippen molar-refractivity contribution in [2.24, 2.45) is 0 Å². The fraction of sp³-hybridized carbons (Fsp3) is 0. The highest BCUT2D eigenvalue weighted by Gasteiger charge is 2.13. The van der Waals surface area contributed by atoms with Crippen LogP contribution in [-0.2, 0) is 9.05 Å². The minimum absolute atomic E-state index is 0.0441. The van der Waals surface area contributed by atoms with Crippen LogP contribution >= 0.6 is 10.7 Å². The van der Waals surface area contributed by atoms with Crippen LogP contribution in [0.5, 0.6) is 11.5 Å². The highest BCUT2D eigenvalue weighted by Crippen LogP contribution is 2.22. The van der Waals surface area contributed by atoms with E-state index in [0.717, 1.165) is 0 Å². The number of para-hydroxylation sites is 1. The highest BCUT2D eigenvalue weighted by atomic mass is 35.7. The van der Waals surface area contributed by atoms with Gasteiger partial charge in [0, 0.05) is 21.8 Å². The summed E-state index contributed by atoms with van der Waals surface area (Å²) >= 11 is 0. The summed E-state index contributed by atoms with van der Waals surface area (Å²) in [4.78, 5) is 12.4. The number of ether oxygens (including phenoxy) is 1. The molecule has 3 aromatic rings. The molecule has 0 unspecified atom stereocenters. The third kappa shape index (κ3) is 4.26. The van der Waals surface area contributed by atoms with Gasteiger partial charge in [0.25, 0.3) is 9.05 Å². The van der Waals surface area contributed by atoms with E-state index < -0.39 is 9.05 Å². The van der Waals surface area contributed by atoms with Gasteiger partial charge in [0.1, 0.15) is 11.5 Å². The van der Waals surface area contributed by atoms with Crippen molar-refractivity contribution in [1.29, 1.82) is 0 Å². The van der Waals surface area contributed by atoms with Gasteiger partial charge in [0.05, 0.1) is 4.90 Å². The summed E-state index contributed by atoms with van der Waals surface area (Å²) in [5.74, 6) is 1.11. The summed E-state index contributed by atoms with van der Waals surface area (Å²) in [7, 11) is 1.46. The van der Waals surface area contributed by atoms with Crippen LogP contribution in [-0.4, -0.2) is 14.2 Å². The van der Waals surface area contributed by atoms with E-state index in [1.54, 1.807) is 24.3 Å². The van der Waals surface area contributed by atoms with Gasteiger partial charge >= 0.3 is 0 Å². The van der Waals surface area contributed by atoms with Crippen LogP contribution in [0.4, 0.5) is 0 Å². The fourth-order valence-corrected chi connectivity index (χ4v) is 3.00. The first-order valence-electron chi connectivity index (χ1n) is 7.36. The number of halogens is 1. The Labute approximate surface area is 150 Å². The third-order valence-corrected chi connectivity index (χ3v) is 4.86. The van der Waals surface area contributed by atoms with Crippen LogP contribution in [0.25, 0.3) is 0 Å². The Bertz CT molecular complexity index is 980. The van der Waals surface area contributed by atoms with E-state index in [9.17, 15) is 13.2 Å². The molecular formula is C19H13ClO4S. The van der Waals surface area contributed by atoms with Crippen molar-refractivity contribution in [2.75, 3.05) is 0 Å². The lowest BCUT2D eigenvalue weighted by Crippen LogP contribution is -2.01. The summed E-state index contributed by atoms with van der Waals surface area (Å²) in [6, 6.07) is 21.5. The van der Waals surface area contributed by atoms with E-state index in [0.29, 0.717) is 22.6 Å². The summed E-state index contributed by atoms with van der Waals surface area (Å²) in [5, 5.41) is 0. The Morgan fingerprint density at radius 2 is 1.20 bits per heavy atom. The van der Waals surface area contributed by atoms with E-state index in [4.69, 9.17) is 15.4 Å². The lowest BCUT2D eigenvalue weighted by Gasteiger charge is -2.07. The minimum atomic E-state index is -3.80. The first kappa shape index (κ1) is 17.2. The molecule has 0 N–H and O–H groups in total. The van der Waals surface area contributed by atoms with E-state index in [2.05, 4.69) is 0 Å². The van der Waals surface area contributed by atoms with Gasteiger partial charge in [-0.2, -0.15) is 0 Å². The normalized spacial score (nSPS) is 11.1. The number of hydrogen-bond acceptors (Lipinski definition) is 4. The van der Waals surface area contributed by atoms with Crippen molar-refractivity contribution in [1.82, 2.24) is 0 Å². The monoisotopic (exact) mass is 372 g/mol. The summed E-state index contributed by atoms with van der Waals surface area (Å²) in [6.07, 6.45) is 0. The zero-order chi connectivity index (χ0) is 17.9. The molecule has 0 radical (unpaired) electrons. The van der Waals surface area contributed by atoms with Gasteiger partial charge in [-0.15, -0.1) is 0 Å². The molecule has 0 spiro atoms. The Morgan fingerprint density at radius 3 is 1.72 bits per heavy atom. The molecule has 0 saturated heterocycles. The van der Waals surface area contributed by atoms with Crippen molar-refractivity contribution in [2.45, 2.75) is 4.90 Å². The average molecular weight is 373 g/mol. The SMILES string of the molecule is O=C(c1ccc(Oc2ccccc2)cc1)c1ccc(S(=O)(=O)Cl)cc1. The fourth-order valence-electron chi connectivity index (χ4n) is 2.23. The molecule has 0 saturated carbocycles. The van der Waals surface area contributed by atoms with Gasteiger partial charge in [-0.05, 0) is 60.7 Å². The second kappa shape index (κ2) is 7.09. The molecule has 0 aliphatic rings. The lowest BCUT2D eigenvalue weighted by atomic mass is 10.0. The lowest BCUT2D eigenvalue weighted by molar-refractivity contribution is 0.103. The topological polar surface area (TPSA) is 60.4 Å². The van der Waals surface area contributed by atoms with Crippen molar-refractivity contribution >= 4 is 25.5 Å². The zero-order valence-electron chi connectivity index (χ0n) is 12.9. The van der Waals surface area contributed by atoms with Gasteiger partial charge in [0.2, 0.25) is 0 Å². The number of benzene rings is 3. The molecule has 0 aliphatic carbocycles. The van der Waals surface area contributed by atoms with Gasteiger partial charge in [0.15, 0.2) is 5.78 Å². The second-order valence-corrected chi connectivity index (χ2v) is 7.80. The number of ketones is 1. The second-order valence-electron chi connectivity index (χ2n) is 5.23. The van der Waals surface area contributed by atoms with E-state index in [1.807, 2.05) is 30.3 Å². The molecule has 3 aromatic carbocycles. The predicted molar refractivity (Wildman–Crippen MR) is 95.9 cm³/mol. The molecule has 25 heavy (non-hydrogen) atoms. The van der Waals surface area contributed by atoms with Crippen LogP contribution in [0.1, 0.15) is 15.9 Å². The maximum atomic E-state index is 12.5. The summed E-state index contributed by atoms with van der Waals surface area (Å²) in [5.41, 5.74) is 0.850. The van der Waals surface area contributed by atoms with Crippen molar-refractivity contribution in [3.8, 4) is 11.5 Å². The molecule has 0 atom stereocenters. The predicted octanol–water partition coefficient (Wildman–Crippen LogP) is 4.64. The molecular weight excluding hydrogens is 360 g/mol. The van der Waals surface area contributed by atoms with Crippen molar-refractivity contribution < 1.29 is 17.9 Å². The Morgan fingerprint density at radius 1 is 0.720 bits per heavy atom.